The van der Waals surface area contributed by atoms with Crippen LogP contribution in [0.1, 0.15) is 15.9 Å². The average molecular weight is 361 g/mol. The van der Waals surface area contributed by atoms with Crippen molar-refractivity contribution in [3.63, 3.8) is 0 Å². The molecule has 0 unspecified atom stereocenters. The van der Waals surface area contributed by atoms with Crippen molar-refractivity contribution in [2.75, 3.05) is 33.5 Å². The highest BCUT2D eigenvalue weighted by atomic mass is 32.2. The standard InChI is InChI=1S/C18H23N3O3S/c1-20(2)18(22)15-8-6-9-16(12-15)19-13-14-7-5-10-17(11-14)25(23,24)21(3)4/h5-12,19H,13H2,1-4H3. The van der Waals surface area contributed by atoms with Crippen LogP contribution >= 0.6 is 0 Å². The van der Waals surface area contributed by atoms with Gasteiger partial charge in [0.05, 0.1) is 4.90 Å². The molecule has 2 aromatic carbocycles. The Bertz CT molecular complexity index is 861. The third-order valence-electron chi connectivity index (χ3n) is 3.69. The van der Waals surface area contributed by atoms with Crippen molar-refractivity contribution in [1.29, 1.82) is 0 Å². The molecule has 0 saturated carbocycles. The van der Waals surface area contributed by atoms with Gasteiger partial charge in [-0.1, -0.05) is 18.2 Å². The zero-order valence-electron chi connectivity index (χ0n) is 14.9. The van der Waals surface area contributed by atoms with E-state index in [0.29, 0.717) is 12.1 Å². The van der Waals surface area contributed by atoms with Gasteiger partial charge in [-0.05, 0) is 35.9 Å². The van der Waals surface area contributed by atoms with Gasteiger partial charge in [0.25, 0.3) is 5.91 Å². The second kappa shape index (κ2) is 7.67. The first-order valence-corrected chi connectivity index (χ1v) is 9.23. The van der Waals surface area contributed by atoms with Crippen LogP contribution in [0.25, 0.3) is 0 Å². The Kier molecular flexibility index (Phi) is 5.81. The first kappa shape index (κ1) is 19.0. The summed E-state index contributed by atoms with van der Waals surface area (Å²) in [6.07, 6.45) is 0. The van der Waals surface area contributed by atoms with Gasteiger partial charge in [-0.2, -0.15) is 0 Å². The van der Waals surface area contributed by atoms with Gasteiger partial charge in [0.15, 0.2) is 0 Å². The highest BCUT2D eigenvalue weighted by Crippen LogP contribution is 2.17. The van der Waals surface area contributed by atoms with E-state index in [-0.39, 0.29) is 10.8 Å². The van der Waals surface area contributed by atoms with Gasteiger partial charge >= 0.3 is 0 Å². The maximum absolute atomic E-state index is 12.2. The van der Waals surface area contributed by atoms with Crippen LogP contribution < -0.4 is 5.32 Å². The molecule has 0 atom stereocenters. The van der Waals surface area contributed by atoms with Gasteiger partial charge in [-0.25, -0.2) is 12.7 Å². The predicted molar refractivity (Wildman–Crippen MR) is 99.1 cm³/mol. The Balaban J connectivity index is 2.15. The molecular formula is C18H23N3O3S. The zero-order chi connectivity index (χ0) is 18.6. The van der Waals surface area contributed by atoms with Gasteiger partial charge in [-0.3, -0.25) is 4.79 Å². The maximum atomic E-state index is 12.2. The van der Waals surface area contributed by atoms with Crippen LogP contribution in [0.2, 0.25) is 0 Å². The van der Waals surface area contributed by atoms with Crippen LogP contribution in [-0.4, -0.2) is 51.7 Å². The number of carbonyl (C=O) groups excluding carboxylic acids is 1. The Labute approximate surface area is 149 Å². The molecule has 1 N–H and O–H groups in total. The van der Waals surface area contributed by atoms with E-state index in [9.17, 15) is 13.2 Å². The molecule has 0 aliphatic rings. The van der Waals surface area contributed by atoms with Crippen molar-refractivity contribution < 1.29 is 13.2 Å². The van der Waals surface area contributed by atoms with E-state index in [4.69, 9.17) is 0 Å². The van der Waals surface area contributed by atoms with Crippen LogP contribution in [0, 0.1) is 0 Å². The maximum Gasteiger partial charge on any atom is 0.253 e. The van der Waals surface area contributed by atoms with E-state index >= 15 is 0 Å². The van der Waals surface area contributed by atoms with E-state index in [0.717, 1.165) is 11.3 Å². The molecule has 7 heteroatoms. The summed E-state index contributed by atoms with van der Waals surface area (Å²) in [5.74, 6) is -0.0669. The number of hydrogen-bond donors (Lipinski definition) is 1. The Morgan fingerprint density at radius 3 is 2.32 bits per heavy atom. The van der Waals surface area contributed by atoms with Gasteiger partial charge in [0.1, 0.15) is 0 Å². The fourth-order valence-corrected chi connectivity index (χ4v) is 3.22. The fourth-order valence-electron chi connectivity index (χ4n) is 2.25. The molecule has 1 amide bonds. The lowest BCUT2D eigenvalue weighted by Crippen LogP contribution is -2.22. The van der Waals surface area contributed by atoms with Gasteiger partial charge in [0, 0.05) is 46.0 Å². The predicted octanol–water partition coefficient (Wildman–Crippen LogP) is 2.25. The molecule has 0 bridgehead atoms. The summed E-state index contributed by atoms with van der Waals surface area (Å²) in [5, 5.41) is 3.22. The quantitative estimate of drug-likeness (QED) is 0.857. The van der Waals surface area contributed by atoms with E-state index in [1.54, 1.807) is 44.4 Å². The summed E-state index contributed by atoms with van der Waals surface area (Å²) in [4.78, 5) is 13.8. The van der Waals surface area contributed by atoms with E-state index in [1.807, 2.05) is 18.2 Å². The number of amides is 1. The normalized spacial score (nSPS) is 11.4. The van der Waals surface area contributed by atoms with Crippen molar-refractivity contribution in [2.45, 2.75) is 11.4 Å². The largest absolute Gasteiger partial charge is 0.381 e. The Morgan fingerprint density at radius 1 is 1.00 bits per heavy atom. The van der Waals surface area contributed by atoms with Crippen LogP contribution in [-0.2, 0) is 16.6 Å². The number of hydrogen-bond acceptors (Lipinski definition) is 4. The molecular weight excluding hydrogens is 338 g/mol. The van der Waals surface area contributed by atoms with Crippen molar-refractivity contribution in [3.05, 3.63) is 59.7 Å². The number of rotatable bonds is 6. The molecule has 0 aromatic heterocycles. The molecule has 0 aliphatic heterocycles. The van der Waals surface area contributed by atoms with Crippen molar-refractivity contribution >= 4 is 21.6 Å². The number of nitrogens with zero attached hydrogens (tertiary/aromatic N) is 2. The average Bonchev–Trinajstić information content (AvgIpc) is 2.59. The molecule has 0 spiro atoms. The second-order valence-electron chi connectivity index (χ2n) is 6.07. The minimum absolute atomic E-state index is 0.0669. The Hall–Kier alpha value is -2.38. The summed E-state index contributed by atoms with van der Waals surface area (Å²) >= 11 is 0. The summed E-state index contributed by atoms with van der Waals surface area (Å²) < 4.78 is 25.6. The lowest BCUT2D eigenvalue weighted by Gasteiger charge is -2.14. The zero-order valence-corrected chi connectivity index (χ0v) is 15.7. The molecule has 0 radical (unpaired) electrons. The SMILES string of the molecule is CN(C)C(=O)c1cccc(NCc2cccc(S(=O)(=O)N(C)C)c2)c1. The topological polar surface area (TPSA) is 69.7 Å². The number of anilines is 1. The van der Waals surface area contributed by atoms with E-state index in [1.165, 1.54) is 23.3 Å². The molecule has 25 heavy (non-hydrogen) atoms. The Morgan fingerprint density at radius 2 is 1.68 bits per heavy atom. The van der Waals surface area contributed by atoms with Crippen LogP contribution in [0.5, 0.6) is 0 Å². The van der Waals surface area contributed by atoms with E-state index < -0.39 is 10.0 Å². The molecule has 0 saturated heterocycles. The first-order valence-electron chi connectivity index (χ1n) is 7.79. The minimum Gasteiger partial charge on any atom is -0.381 e. The van der Waals surface area contributed by atoms with Gasteiger partial charge in [0.2, 0.25) is 10.0 Å². The van der Waals surface area contributed by atoms with Gasteiger partial charge in [-0.15, -0.1) is 0 Å². The number of carbonyl (C=O) groups is 1. The second-order valence-corrected chi connectivity index (χ2v) is 8.22. The summed E-state index contributed by atoms with van der Waals surface area (Å²) in [5.41, 5.74) is 2.24. The molecule has 0 heterocycles. The first-order chi connectivity index (χ1) is 11.7. The van der Waals surface area contributed by atoms with Crippen LogP contribution in [0.3, 0.4) is 0 Å². The van der Waals surface area contributed by atoms with Gasteiger partial charge < -0.3 is 10.2 Å². The fraction of sp³-hybridized carbons (Fsp3) is 0.278. The molecule has 134 valence electrons. The van der Waals surface area contributed by atoms with E-state index in [2.05, 4.69) is 5.32 Å². The molecule has 2 aromatic rings. The summed E-state index contributed by atoms with van der Waals surface area (Å²) in [6, 6.07) is 14.0. The lowest BCUT2D eigenvalue weighted by molar-refractivity contribution is 0.0827. The third-order valence-corrected chi connectivity index (χ3v) is 5.50. The smallest absolute Gasteiger partial charge is 0.253 e. The van der Waals surface area contributed by atoms with Crippen molar-refractivity contribution in [3.8, 4) is 0 Å². The summed E-state index contributed by atoms with van der Waals surface area (Å²) in [7, 11) is 2.98. The molecule has 0 fully saturated rings. The van der Waals surface area contributed by atoms with Crippen molar-refractivity contribution in [1.82, 2.24) is 9.21 Å². The number of benzene rings is 2. The summed E-state index contributed by atoms with van der Waals surface area (Å²) in [6.45, 7) is 0.455. The monoisotopic (exact) mass is 361 g/mol. The highest BCUT2D eigenvalue weighted by molar-refractivity contribution is 7.89. The number of nitrogens with one attached hydrogen (secondary N) is 1. The van der Waals surface area contributed by atoms with Crippen molar-refractivity contribution in [2.24, 2.45) is 0 Å². The third kappa shape index (κ3) is 4.58. The number of sulfonamides is 1. The molecule has 6 nitrogen and oxygen atoms in total. The lowest BCUT2D eigenvalue weighted by atomic mass is 10.1. The van der Waals surface area contributed by atoms with Crippen LogP contribution in [0.4, 0.5) is 5.69 Å². The van der Waals surface area contributed by atoms with Crippen LogP contribution in [0.15, 0.2) is 53.4 Å². The molecule has 0 aliphatic carbocycles. The minimum atomic E-state index is -3.45. The highest BCUT2D eigenvalue weighted by Gasteiger charge is 2.17. The molecule has 2 rings (SSSR count).